The van der Waals surface area contributed by atoms with Gasteiger partial charge < -0.3 is 5.32 Å². The molecule has 0 aromatic carbocycles. The smallest absolute Gasteiger partial charge is 0.228 e. The molecule has 0 radical (unpaired) electrons. The first kappa shape index (κ1) is 12.2. The highest BCUT2D eigenvalue weighted by molar-refractivity contribution is 9.10. The lowest BCUT2D eigenvalue weighted by atomic mass is 10.1. The molecule has 1 heterocycles. The topological polar surface area (TPSA) is 42.0 Å². The van der Waals surface area contributed by atoms with Crippen molar-refractivity contribution in [1.82, 2.24) is 4.98 Å². The molecule has 0 saturated carbocycles. The van der Waals surface area contributed by atoms with E-state index in [2.05, 4.69) is 33.2 Å². The number of nitrogens with zero attached hydrogens (tertiary/aromatic N) is 1. The zero-order valence-electron chi connectivity index (χ0n) is 8.96. The van der Waals surface area contributed by atoms with E-state index in [1.54, 1.807) is 12.3 Å². The van der Waals surface area contributed by atoms with Crippen molar-refractivity contribution < 1.29 is 4.79 Å². The zero-order chi connectivity index (χ0) is 11.3. The molecule has 0 aliphatic rings. The summed E-state index contributed by atoms with van der Waals surface area (Å²) in [6.45, 7) is 4.00. The number of hydrogen-bond acceptors (Lipinski definition) is 2. The van der Waals surface area contributed by atoms with Crippen molar-refractivity contribution in [3.63, 3.8) is 0 Å². The monoisotopic (exact) mass is 270 g/mol. The van der Waals surface area contributed by atoms with E-state index in [1.807, 2.05) is 13.0 Å². The van der Waals surface area contributed by atoms with Crippen molar-refractivity contribution in [1.29, 1.82) is 0 Å². The van der Waals surface area contributed by atoms with Gasteiger partial charge in [0.1, 0.15) is 5.82 Å². The van der Waals surface area contributed by atoms with Crippen LogP contribution >= 0.6 is 15.9 Å². The Kier molecular flexibility index (Phi) is 4.75. The first-order valence-corrected chi connectivity index (χ1v) is 5.85. The van der Waals surface area contributed by atoms with Gasteiger partial charge in [0.25, 0.3) is 0 Å². The second-order valence-corrected chi connectivity index (χ2v) is 4.46. The highest BCUT2D eigenvalue weighted by Crippen LogP contribution is 2.12. The number of nitrogens with one attached hydrogen (secondary N) is 1. The summed E-state index contributed by atoms with van der Waals surface area (Å²) in [5.74, 6) is 0.679. The Morgan fingerprint density at radius 3 is 2.87 bits per heavy atom. The summed E-state index contributed by atoms with van der Waals surface area (Å²) in [6.07, 6.45) is 3.59. The first-order valence-electron chi connectivity index (χ1n) is 5.06. The predicted octanol–water partition coefficient (Wildman–Crippen LogP) is 3.22. The molecule has 0 spiro atoms. The van der Waals surface area contributed by atoms with Crippen LogP contribution in [0.5, 0.6) is 0 Å². The molecule has 1 aromatic heterocycles. The molecule has 1 N–H and O–H groups in total. The average Bonchev–Trinajstić information content (AvgIpc) is 2.22. The van der Waals surface area contributed by atoms with Crippen LogP contribution in [0.3, 0.4) is 0 Å². The number of amides is 1. The van der Waals surface area contributed by atoms with Gasteiger partial charge in [0, 0.05) is 16.6 Å². The van der Waals surface area contributed by atoms with Gasteiger partial charge in [-0.1, -0.05) is 20.3 Å². The van der Waals surface area contributed by atoms with E-state index in [1.165, 1.54) is 0 Å². The van der Waals surface area contributed by atoms with Crippen LogP contribution < -0.4 is 5.32 Å². The van der Waals surface area contributed by atoms with Gasteiger partial charge in [0.05, 0.1) is 0 Å². The lowest BCUT2D eigenvalue weighted by Crippen LogP contribution is -2.20. The molecule has 1 amide bonds. The molecule has 0 aliphatic heterocycles. The van der Waals surface area contributed by atoms with Crippen molar-refractivity contribution >= 4 is 27.7 Å². The van der Waals surface area contributed by atoms with Crippen LogP contribution in [0, 0.1) is 5.92 Å². The molecule has 82 valence electrons. The predicted molar refractivity (Wildman–Crippen MR) is 64.6 cm³/mol. The molecule has 0 fully saturated rings. The fourth-order valence-corrected chi connectivity index (χ4v) is 1.50. The number of aromatic nitrogens is 1. The van der Waals surface area contributed by atoms with Gasteiger partial charge in [-0.25, -0.2) is 4.98 Å². The van der Waals surface area contributed by atoms with Gasteiger partial charge in [-0.15, -0.1) is 0 Å². The van der Waals surface area contributed by atoms with Gasteiger partial charge >= 0.3 is 0 Å². The molecule has 1 atom stereocenters. The summed E-state index contributed by atoms with van der Waals surface area (Å²) in [5, 5.41) is 2.78. The van der Waals surface area contributed by atoms with Crippen LogP contribution in [-0.2, 0) is 4.79 Å². The van der Waals surface area contributed by atoms with Crippen LogP contribution in [0.15, 0.2) is 22.8 Å². The van der Waals surface area contributed by atoms with Crippen molar-refractivity contribution in [3.05, 3.63) is 22.8 Å². The van der Waals surface area contributed by atoms with E-state index in [9.17, 15) is 4.79 Å². The maximum atomic E-state index is 11.6. The largest absolute Gasteiger partial charge is 0.310 e. The lowest BCUT2D eigenvalue weighted by molar-refractivity contribution is -0.119. The molecule has 0 aliphatic carbocycles. The minimum atomic E-state index is 0.0340. The molecule has 0 bridgehead atoms. The van der Waals surface area contributed by atoms with E-state index >= 15 is 0 Å². The Labute approximate surface area is 98.4 Å². The number of anilines is 1. The molecular formula is C11H15BrN2O. The summed E-state index contributed by atoms with van der Waals surface area (Å²) < 4.78 is 0.905. The standard InChI is InChI=1S/C11H15BrN2O/c1-3-4-8(2)11(15)14-10-6-5-9(12)7-13-10/h5-8H,3-4H2,1-2H3,(H,13,14,15). The lowest BCUT2D eigenvalue weighted by Gasteiger charge is -2.10. The van der Waals surface area contributed by atoms with Crippen molar-refractivity contribution in [2.75, 3.05) is 5.32 Å². The zero-order valence-corrected chi connectivity index (χ0v) is 10.5. The van der Waals surface area contributed by atoms with E-state index in [4.69, 9.17) is 0 Å². The van der Waals surface area contributed by atoms with Crippen molar-refractivity contribution in [2.45, 2.75) is 26.7 Å². The van der Waals surface area contributed by atoms with Crippen LogP contribution in [0.4, 0.5) is 5.82 Å². The van der Waals surface area contributed by atoms with Crippen LogP contribution in [0.2, 0.25) is 0 Å². The third kappa shape index (κ3) is 4.00. The number of carbonyl (C=O) groups is 1. The first-order chi connectivity index (χ1) is 7.13. The molecule has 15 heavy (non-hydrogen) atoms. The number of hydrogen-bond donors (Lipinski definition) is 1. The maximum Gasteiger partial charge on any atom is 0.228 e. The Morgan fingerprint density at radius 1 is 1.60 bits per heavy atom. The van der Waals surface area contributed by atoms with Crippen LogP contribution in [0.25, 0.3) is 0 Å². The van der Waals surface area contributed by atoms with E-state index in [0.29, 0.717) is 5.82 Å². The quantitative estimate of drug-likeness (QED) is 0.913. The summed E-state index contributed by atoms with van der Waals surface area (Å²) in [7, 11) is 0. The summed E-state index contributed by atoms with van der Waals surface area (Å²) in [5.41, 5.74) is 0. The Bertz CT molecular complexity index is 324. The fraction of sp³-hybridized carbons (Fsp3) is 0.455. The minimum absolute atomic E-state index is 0.0340. The van der Waals surface area contributed by atoms with Gasteiger partial charge in [0.2, 0.25) is 5.91 Å². The van der Waals surface area contributed by atoms with E-state index in [0.717, 1.165) is 17.3 Å². The molecule has 1 unspecified atom stereocenters. The minimum Gasteiger partial charge on any atom is -0.310 e. The second kappa shape index (κ2) is 5.85. The maximum absolute atomic E-state index is 11.6. The fourth-order valence-electron chi connectivity index (χ4n) is 1.26. The summed E-state index contributed by atoms with van der Waals surface area (Å²) in [6, 6.07) is 3.63. The average molecular weight is 271 g/mol. The van der Waals surface area contributed by atoms with Gasteiger partial charge in [-0.05, 0) is 34.5 Å². The highest BCUT2D eigenvalue weighted by Gasteiger charge is 2.11. The molecule has 4 heteroatoms. The number of pyridine rings is 1. The van der Waals surface area contributed by atoms with Crippen molar-refractivity contribution in [3.8, 4) is 0 Å². The second-order valence-electron chi connectivity index (χ2n) is 3.54. The number of carbonyl (C=O) groups excluding carboxylic acids is 1. The Hall–Kier alpha value is -0.900. The van der Waals surface area contributed by atoms with Gasteiger partial charge in [-0.3, -0.25) is 4.79 Å². The molecule has 3 nitrogen and oxygen atoms in total. The van der Waals surface area contributed by atoms with E-state index in [-0.39, 0.29) is 11.8 Å². The Morgan fingerprint density at radius 2 is 2.33 bits per heavy atom. The summed E-state index contributed by atoms with van der Waals surface area (Å²) in [4.78, 5) is 15.7. The third-order valence-corrected chi connectivity index (χ3v) is 2.62. The SMILES string of the molecule is CCCC(C)C(=O)Nc1ccc(Br)cn1. The van der Waals surface area contributed by atoms with Crippen molar-refractivity contribution in [2.24, 2.45) is 5.92 Å². The van der Waals surface area contributed by atoms with Crippen LogP contribution in [-0.4, -0.2) is 10.9 Å². The molecule has 0 saturated heterocycles. The summed E-state index contributed by atoms with van der Waals surface area (Å²) >= 11 is 3.29. The third-order valence-electron chi connectivity index (χ3n) is 2.15. The van der Waals surface area contributed by atoms with Gasteiger partial charge in [0.15, 0.2) is 0 Å². The normalized spacial score (nSPS) is 12.2. The molecule has 1 rings (SSSR count). The highest BCUT2D eigenvalue weighted by atomic mass is 79.9. The van der Waals surface area contributed by atoms with E-state index < -0.39 is 0 Å². The molecular weight excluding hydrogens is 256 g/mol. The van der Waals surface area contributed by atoms with Gasteiger partial charge in [-0.2, -0.15) is 0 Å². The molecule has 1 aromatic rings. The number of halogens is 1. The van der Waals surface area contributed by atoms with Crippen LogP contribution in [0.1, 0.15) is 26.7 Å². The number of rotatable bonds is 4. The Balaban J connectivity index is 2.54.